The average Bonchev–Trinajstić information content (AvgIpc) is 2.64. The minimum Gasteiger partial charge on any atom is -0.396 e. The molecule has 20 heavy (non-hydrogen) atoms. The average molecular weight is 276 g/mol. The third kappa shape index (κ3) is 2.41. The van der Waals surface area contributed by atoms with Gasteiger partial charge < -0.3 is 14.9 Å². The molecule has 1 aromatic carbocycles. The molecule has 0 saturated heterocycles. The summed E-state index contributed by atoms with van der Waals surface area (Å²) < 4.78 is 0. The molecule has 1 aliphatic heterocycles. The molecule has 0 spiro atoms. The van der Waals surface area contributed by atoms with Crippen LogP contribution < -0.4 is 9.80 Å². The van der Waals surface area contributed by atoms with Crippen LogP contribution in [0.3, 0.4) is 0 Å². The molecule has 1 heterocycles. The number of hydrogen-bond donors (Lipinski definition) is 1. The van der Waals surface area contributed by atoms with E-state index >= 15 is 0 Å². The van der Waals surface area contributed by atoms with E-state index < -0.39 is 11.7 Å². The van der Waals surface area contributed by atoms with Crippen molar-refractivity contribution in [2.24, 2.45) is 0 Å². The molecule has 0 unspecified atom stereocenters. The van der Waals surface area contributed by atoms with E-state index in [1.807, 2.05) is 12.1 Å². The van der Waals surface area contributed by atoms with E-state index in [2.05, 4.69) is 18.7 Å². The molecule has 0 aromatic heterocycles. The first-order valence-corrected chi connectivity index (χ1v) is 6.81. The van der Waals surface area contributed by atoms with Gasteiger partial charge in [0.1, 0.15) is 0 Å². The van der Waals surface area contributed by atoms with Crippen molar-refractivity contribution in [3.8, 4) is 0 Å². The first kappa shape index (κ1) is 14.5. The Morgan fingerprint density at radius 1 is 1.30 bits per heavy atom. The van der Waals surface area contributed by atoms with Crippen LogP contribution in [0, 0.1) is 0 Å². The number of amides is 1. The van der Waals surface area contributed by atoms with Gasteiger partial charge in [-0.3, -0.25) is 9.59 Å². The summed E-state index contributed by atoms with van der Waals surface area (Å²) in [6.07, 6.45) is 0.683. The van der Waals surface area contributed by atoms with Gasteiger partial charge in [-0.05, 0) is 38.5 Å². The van der Waals surface area contributed by atoms with Gasteiger partial charge in [0.2, 0.25) is 0 Å². The lowest BCUT2D eigenvalue weighted by atomic mass is 10.1. The smallest absolute Gasteiger partial charge is 0.299 e. The summed E-state index contributed by atoms with van der Waals surface area (Å²) in [5.41, 5.74) is 2.08. The molecule has 0 saturated carbocycles. The third-order valence-electron chi connectivity index (χ3n) is 3.60. The molecule has 1 amide bonds. The van der Waals surface area contributed by atoms with Gasteiger partial charge in [0.25, 0.3) is 11.7 Å². The van der Waals surface area contributed by atoms with Crippen LogP contribution in [0.15, 0.2) is 18.2 Å². The lowest BCUT2D eigenvalue weighted by molar-refractivity contribution is -0.114. The van der Waals surface area contributed by atoms with Crippen LogP contribution in [0.4, 0.5) is 11.4 Å². The summed E-state index contributed by atoms with van der Waals surface area (Å²) >= 11 is 0. The predicted octanol–water partition coefficient (Wildman–Crippen LogP) is 1.44. The highest BCUT2D eigenvalue weighted by Gasteiger charge is 2.33. The highest BCUT2D eigenvalue weighted by atomic mass is 16.3. The number of ketones is 1. The van der Waals surface area contributed by atoms with Crippen molar-refractivity contribution < 1.29 is 14.7 Å². The number of likely N-dealkylation sites (N-methyl/N-ethyl adjacent to an activating group) is 1. The highest BCUT2D eigenvalue weighted by Crippen LogP contribution is 2.32. The fourth-order valence-electron chi connectivity index (χ4n) is 2.47. The SMILES string of the molecule is CC(C)N(CCCO)c1ccc2c(c1)N(C)C(=O)C2=O. The second-order valence-electron chi connectivity index (χ2n) is 5.26. The van der Waals surface area contributed by atoms with Crippen LogP contribution in [-0.2, 0) is 4.79 Å². The summed E-state index contributed by atoms with van der Waals surface area (Å²) in [5.74, 6) is -0.927. The Morgan fingerprint density at radius 2 is 2.00 bits per heavy atom. The maximum Gasteiger partial charge on any atom is 0.299 e. The number of carbonyl (C=O) groups is 2. The Hall–Kier alpha value is -1.88. The van der Waals surface area contributed by atoms with Crippen molar-refractivity contribution in [1.29, 1.82) is 0 Å². The van der Waals surface area contributed by atoms with Gasteiger partial charge in [-0.15, -0.1) is 0 Å². The minimum absolute atomic E-state index is 0.144. The Bertz CT molecular complexity index is 540. The third-order valence-corrected chi connectivity index (χ3v) is 3.60. The van der Waals surface area contributed by atoms with E-state index in [1.165, 1.54) is 4.90 Å². The number of hydrogen-bond acceptors (Lipinski definition) is 4. The van der Waals surface area contributed by atoms with Crippen LogP contribution in [0.1, 0.15) is 30.6 Å². The zero-order valence-electron chi connectivity index (χ0n) is 12.1. The molecule has 1 aromatic rings. The molecule has 108 valence electrons. The van der Waals surface area contributed by atoms with Crippen LogP contribution in [0.5, 0.6) is 0 Å². The molecular formula is C15H20N2O3. The molecule has 0 radical (unpaired) electrons. The van der Waals surface area contributed by atoms with Crippen molar-refractivity contribution >= 4 is 23.1 Å². The number of fused-ring (bicyclic) bond motifs is 1. The summed E-state index contributed by atoms with van der Waals surface area (Å²) in [6.45, 7) is 5.03. The number of rotatable bonds is 5. The largest absolute Gasteiger partial charge is 0.396 e. The molecular weight excluding hydrogens is 256 g/mol. The molecule has 2 rings (SSSR count). The fourth-order valence-corrected chi connectivity index (χ4v) is 2.47. The van der Waals surface area contributed by atoms with Gasteiger partial charge in [0.15, 0.2) is 0 Å². The molecule has 0 fully saturated rings. The normalized spacial score (nSPS) is 14.2. The van der Waals surface area contributed by atoms with Crippen LogP contribution in [0.25, 0.3) is 0 Å². The van der Waals surface area contributed by atoms with Crippen LogP contribution >= 0.6 is 0 Å². The number of aliphatic hydroxyl groups is 1. The lowest BCUT2D eigenvalue weighted by Gasteiger charge is -2.29. The number of nitrogens with zero attached hydrogens (tertiary/aromatic N) is 2. The molecule has 5 nitrogen and oxygen atoms in total. The van der Waals surface area contributed by atoms with Crippen molar-refractivity contribution in [3.05, 3.63) is 23.8 Å². The monoisotopic (exact) mass is 276 g/mol. The topological polar surface area (TPSA) is 60.9 Å². The zero-order valence-corrected chi connectivity index (χ0v) is 12.1. The molecule has 0 bridgehead atoms. The summed E-state index contributed by atoms with van der Waals surface area (Å²) in [5, 5.41) is 8.99. The van der Waals surface area contributed by atoms with Crippen molar-refractivity contribution in [2.75, 3.05) is 30.0 Å². The second-order valence-corrected chi connectivity index (χ2v) is 5.26. The maximum absolute atomic E-state index is 11.8. The van der Waals surface area contributed by atoms with Crippen molar-refractivity contribution in [2.45, 2.75) is 26.3 Å². The molecule has 5 heteroatoms. The van der Waals surface area contributed by atoms with Crippen molar-refractivity contribution in [1.82, 2.24) is 0 Å². The molecule has 1 aliphatic rings. The fraction of sp³-hybridized carbons (Fsp3) is 0.467. The van der Waals surface area contributed by atoms with Gasteiger partial charge in [0.05, 0.1) is 11.3 Å². The number of benzene rings is 1. The van der Waals surface area contributed by atoms with Gasteiger partial charge in [-0.2, -0.15) is 0 Å². The second kappa shape index (κ2) is 5.63. The Kier molecular flexibility index (Phi) is 4.09. The maximum atomic E-state index is 11.8. The van der Waals surface area contributed by atoms with Crippen molar-refractivity contribution in [3.63, 3.8) is 0 Å². The Balaban J connectivity index is 2.35. The predicted molar refractivity (Wildman–Crippen MR) is 78.4 cm³/mol. The Morgan fingerprint density at radius 3 is 2.60 bits per heavy atom. The van der Waals surface area contributed by atoms with E-state index in [9.17, 15) is 9.59 Å². The van der Waals surface area contributed by atoms with Crippen LogP contribution in [-0.4, -0.2) is 43.0 Å². The lowest BCUT2D eigenvalue weighted by Crippen LogP contribution is -2.32. The van der Waals surface area contributed by atoms with Gasteiger partial charge >= 0.3 is 0 Å². The van der Waals surface area contributed by atoms with E-state index in [0.717, 1.165) is 12.2 Å². The molecule has 0 aliphatic carbocycles. The summed E-state index contributed by atoms with van der Waals surface area (Å²) in [6, 6.07) is 5.72. The van der Waals surface area contributed by atoms with Gasteiger partial charge in [-0.1, -0.05) is 0 Å². The zero-order chi connectivity index (χ0) is 14.9. The number of aliphatic hydroxyl groups excluding tert-OH is 1. The molecule has 0 atom stereocenters. The quantitative estimate of drug-likeness (QED) is 0.827. The number of Topliss-reactive ketones (excluding diaryl/α,β-unsaturated/α-hetero) is 1. The van der Waals surface area contributed by atoms with E-state index in [1.54, 1.807) is 13.1 Å². The minimum atomic E-state index is -0.483. The number of carbonyl (C=O) groups excluding carboxylic acids is 2. The van der Waals surface area contributed by atoms with E-state index in [-0.39, 0.29) is 12.6 Å². The van der Waals surface area contributed by atoms with Crippen LogP contribution in [0.2, 0.25) is 0 Å². The van der Waals surface area contributed by atoms with Gasteiger partial charge in [-0.25, -0.2) is 0 Å². The van der Waals surface area contributed by atoms with E-state index in [4.69, 9.17) is 5.11 Å². The molecule has 1 N–H and O–H groups in total. The summed E-state index contributed by atoms with van der Waals surface area (Å²) in [4.78, 5) is 27.0. The van der Waals surface area contributed by atoms with E-state index in [0.29, 0.717) is 17.7 Å². The highest BCUT2D eigenvalue weighted by molar-refractivity contribution is 6.52. The first-order valence-electron chi connectivity index (χ1n) is 6.81. The first-order chi connectivity index (χ1) is 9.47. The van der Waals surface area contributed by atoms with Gasteiger partial charge in [0, 0.05) is 31.9 Å². The summed E-state index contributed by atoms with van der Waals surface area (Å²) in [7, 11) is 1.61. The standard InChI is InChI=1S/C15H20N2O3/c1-10(2)17(7-4-8-18)11-5-6-12-13(9-11)16(3)15(20)14(12)19/h5-6,9-10,18H,4,7-8H2,1-3H3. The Labute approximate surface area is 118 Å². The number of anilines is 2.